The van der Waals surface area contributed by atoms with Crippen molar-refractivity contribution in [3.63, 3.8) is 0 Å². The van der Waals surface area contributed by atoms with Crippen LogP contribution in [0.25, 0.3) is 0 Å². The van der Waals surface area contributed by atoms with E-state index in [4.69, 9.17) is 4.55 Å². The van der Waals surface area contributed by atoms with Crippen LogP contribution in [-0.4, -0.2) is 46.1 Å². The molecule has 19 heavy (non-hydrogen) atoms. The van der Waals surface area contributed by atoms with Crippen LogP contribution >= 0.6 is 50.5 Å². The fourth-order valence-corrected chi connectivity index (χ4v) is 2.28. The van der Waals surface area contributed by atoms with Gasteiger partial charge in [-0.3, -0.25) is 4.55 Å². The van der Waals surface area contributed by atoms with E-state index in [9.17, 15) is 21.4 Å². The van der Waals surface area contributed by atoms with Gasteiger partial charge in [0.15, 0.2) is 3.41 Å². The molecule has 1 unspecified atom stereocenters. The van der Waals surface area contributed by atoms with E-state index in [0.29, 0.717) is 5.75 Å². The van der Waals surface area contributed by atoms with E-state index in [2.05, 4.69) is 50.5 Å². The van der Waals surface area contributed by atoms with Crippen LogP contribution in [-0.2, 0) is 20.2 Å². The zero-order chi connectivity index (χ0) is 15.2. The zero-order valence-corrected chi connectivity index (χ0v) is 17.5. The summed E-state index contributed by atoms with van der Waals surface area (Å²) in [6.07, 6.45) is 0.151. The summed E-state index contributed by atoms with van der Waals surface area (Å²) < 4.78 is 57.2. The van der Waals surface area contributed by atoms with E-state index >= 15 is 0 Å². The number of hydrogen-bond acceptors (Lipinski definition) is 9. The summed E-state index contributed by atoms with van der Waals surface area (Å²) in [5, 5.41) is -0.448. The molecule has 0 saturated heterocycles. The molecule has 0 aliphatic carbocycles. The first kappa shape index (κ1) is 26.1. The SMILES string of the molecule is CCC(S)(S)S(=O)(=O)O.O=S(=O)([O-])CC(S)CS.[Na+]. The third-order valence-corrected chi connectivity index (χ3v) is 6.76. The second-order valence-electron chi connectivity index (χ2n) is 3.13. The summed E-state index contributed by atoms with van der Waals surface area (Å²) in [5.74, 6) is -0.149. The second-order valence-corrected chi connectivity index (χ2v) is 9.81. The average molecular weight is 399 g/mol. The molecular formula is C6H15NaO6S6. The third kappa shape index (κ3) is 14.9. The first-order valence-corrected chi connectivity index (χ1v) is 9.47. The monoisotopic (exact) mass is 398 g/mol. The van der Waals surface area contributed by atoms with Crippen LogP contribution in [0.2, 0.25) is 0 Å². The van der Waals surface area contributed by atoms with Gasteiger partial charge >= 0.3 is 29.6 Å². The van der Waals surface area contributed by atoms with Crippen LogP contribution in [0.5, 0.6) is 0 Å². The number of rotatable bonds is 5. The summed E-state index contributed by atoms with van der Waals surface area (Å²) >= 11 is 14.7. The Morgan fingerprint density at radius 1 is 1.26 bits per heavy atom. The van der Waals surface area contributed by atoms with Crippen molar-refractivity contribution < 1.29 is 55.5 Å². The minimum atomic E-state index is -4.12. The van der Waals surface area contributed by atoms with Crippen molar-refractivity contribution in [2.75, 3.05) is 11.5 Å². The van der Waals surface area contributed by atoms with E-state index in [1.165, 1.54) is 0 Å². The molecule has 1 N–H and O–H groups in total. The Morgan fingerprint density at radius 3 is 1.68 bits per heavy atom. The van der Waals surface area contributed by atoms with Gasteiger partial charge in [-0.05, 0) is 6.42 Å². The van der Waals surface area contributed by atoms with Crippen LogP contribution in [0.4, 0.5) is 0 Å². The van der Waals surface area contributed by atoms with Crippen molar-refractivity contribution in [3.8, 4) is 0 Å². The average Bonchev–Trinajstić information content (AvgIpc) is 2.14. The molecule has 0 aromatic rings. The third-order valence-electron chi connectivity index (χ3n) is 1.48. The van der Waals surface area contributed by atoms with Crippen molar-refractivity contribution in [1.82, 2.24) is 0 Å². The maximum absolute atomic E-state index is 10.3. The Hall–Kier alpha value is 2.22. The largest absolute Gasteiger partial charge is 1.00 e. The Kier molecular flexibility index (Phi) is 14.9. The molecule has 0 aromatic heterocycles. The van der Waals surface area contributed by atoms with Gasteiger partial charge in [-0.2, -0.15) is 33.7 Å². The van der Waals surface area contributed by atoms with Gasteiger partial charge in [0.25, 0.3) is 10.1 Å². The van der Waals surface area contributed by atoms with Gasteiger partial charge in [-0.1, -0.05) is 6.92 Å². The van der Waals surface area contributed by atoms with Gasteiger partial charge in [-0.25, -0.2) is 8.42 Å². The molecule has 0 saturated carbocycles. The van der Waals surface area contributed by atoms with Gasteiger partial charge in [-0.15, -0.1) is 25.3 Å². The molecule has 0 heterocycles. The first-order valence-electron chi connectivity index (χ1n) is 4.41. The van der Waals surface area contributed by atoms with Gasteiger partial charge < -0.3 is 4.55 Å². The van der Waals surface area contributed by atoms with Crippen molar-refractivity contribution >= 4 is 70.8 Å². The molecule has 0 amide bonds. The molecule has 13 heteroatoms. The van der Waals surface area contributed by atoms with E-state index in [1.807, 2.05) is 0 Å². The molecule has 0 aromatic carbocycles. The zero-order valence-electron chi connectivity index (χ0n) is 10.3. The van der Waals surface area contributed by atoms with Crippen molar-refractivity contribution in [3.05, 3.63) is 0 Å². The predicted octanol–water partition coefficient (Wildman–Crippen LogP) is -2.44. The van der Waals surface area contributed by atoms with Gasteiger partial charge in [0.2, 0.25) is 0 Å². The summed E-state index contributed by atoms with van der Waals surface area (Å²) in [6.45, 7) is 1.56. The van der Waals surface area contributed by atoms with Crippen LogP contribution < -0.4 is 29.6 Å². The maximum Gasteiger partial charge on any atom is 1.00 e. The Bertz CT molecular complexity index is 431. The molecule has 0 bridgehead atoms. The summed E-state index contributed by atoms with van der Waals surface area (Å²) in [4.78, 5) is 0. The summed E-state index contributed by atoms with van der Waals surface area (Å²) in [7, 11) is -8.23. The summed E-state index contributed by atoms with van der Waals surface area (Å²) in [6, 6.07) is 0. The molecular weight excluding hydrogens is 383 g/mol. The molecule has 112 valence electrons. The van der Waals surface area contributed by atoms with E-state index in [0.717, 1.165) is 0 Å². The van der Waals surface area contributed by atoms with Crippen LogP contribution in [0.15, 0.2) is 0 Å². The topological polar surface area (TPSA) is 112 Å². The fraction of sp³-hybridized carbons (Fsp3) is 1.00. The maximum atomic E-state index is 10.3. The van der Waals surface area contributed by atoms with Crippen LogP contribution in [0, 0.1) is 0 Å². The van der Waals surface area contributed by atoms with Crippen molar-refractivity contribution in [1.29, 1.82) is 0 Å². The Morgan fingerprint density at radius 2 is 1.63 bits per heavy atom. The Balaban J connectivity index is -0.000000256. The molecule has 0 aliphatic heterocycles. The summed E-state index contributed by atoms with van der Waals surface area (Å²) in [5.41, 5.74) is 0. The second kappa shape index (κ2) is 10.9. The number of thiol groups is 4. The van der Waals surface area contributed by atoms with Crippen LogP contribution in [0.3, 0.4) is 0 Å². The van der Waals surface area contributed by atoms with Crippen molar-refractivity contribution in [2.24, 2.45) is 0 Å². The molecule has 0 fully saturated rings. The molecule has 1 atom stereocenters. The van der Waals surface area contributed by atoms with Crippen molar-refractivity contribution in [2.45, 2.75) is 22.0 Å². The quantitative estimate of drug-likeness (QED) is 0.152. The van der Waals surface area contributed by atoms with E-state index in [-0.39, 0.29) is 36.0 Å². The van der Waals surface area contributed by atoms with Crippen LogP contribution in [0.1, 0.15) is 13.3 Å². The number of hydrogen-bond donors (Lipinski definition) is 5. The van der Waals surface area contributed by atoms with Gasteiger partial charge in [0.05, 0.1) is 15.9 Å². The normalized spacial score (nSPS) is 13.8. The van der Waals surface area contributed by atoms with Gasteiger partial charge in [0, 0.05) is 11.0 Å². The Labute approximate surface area is 158 Å². The van der Waals surface area contributed by atoms with E-state index < -0.39 is 34.7 Å². The first-order chi connectivity index (χ1) is 7.77. The standard InChI is InChI=1S/2C3H8O3S3.Na/c4-9(5,6)2-3(8)1-7;1-2-3(7,8)9(4,5)6;/h3,7-8H,1-2H2,(H,4,5,6);7-8H,2H2,1H3,(H,4,5,6);/q;;+1/p-1. The minimum absolute atomic E-state index is 0. The molecule has 0 aliphatic rings. The van der Waals surface area contributed by atoms with Gasteiger partial charge in [0.1, 0.15) is 0 Å². The minimum Gasteiger partial charge on any atom is -0.748 e. The molecule has 0 radical (unpaired) electrons. The predicted molar refractivity (Wildman–Crippen MR) is 83.7 cm³/mol. The van der Waals surface area contributed by atoms with E-state index in [1.54, 1.807) is 6.92 Å². The molecule has 6 nitrogen and oxygen atoms in total. The smallest absolute Gasteiger partial charge is 0.748 e. The fourth-order valence-electron chi connectivity index (χ4n) is 0.471. The molecule has 0 spiro atoms. The molecule has 0 rings (SSSR count).